The van der Waals surface area contributed by atoms with Crippen molar-refractivity contribution in [2.24, 2.45) is 0 Å². The molecule has 6 heteroatoms. The van der Waals surface area contributed by atoms with Crippen LogP contribution >= 0.6 is 0 Å². The Balaban J connectivity index is 1.66. The molecule has 0 unspecified atom stereocenters. The lowest BCUT2D eigenvalue weighted by Gasteiger charge is -2.36. The minimum absolute atomic E-state index is 0.0566. The summed E-state index contributed by atoms with van der Waals surface area (Å²) in [5, 5.41) is 0. The van der Waals surface area contributed by atoms with E-state index in [-0.39, 0.29) is 11.7 Å². The molecule has 0 saturated carbocycles. The van der Waals surface area contributed by atoms with Crippen molar-refractivity contribution in [1.82, 2.24) is 9.88 Å². The van der Waals surface area contributed by atoms with E-state index in [1.54, 1.807) is 35.4 Å². The van der Waals surface area contributed by atoms with Crippen LogP contribution in [0.3, 0.4) is 0 Å². The molecule has 0 spiro atoms. The summed E-state index contributed by atoms with van der Waals surface area (Å²) in [7, 11) is 1.52. The van der Waals surface area contributed by atoms with Gasteiger partial charge < -0.3 is 14.5 Å². The Labute approximate surface area is 134 Å². The standard InChI is InChI=1S/C17H18FN3O2/c1-23-16-12-13(6-7-19-16)17(22)21-10-8-20(9-11-21)15-5-3-2-4-14(15)18/h2-7,12H,8-11H2,1H3. The molecular formula is C17H18FN3O2. The third-order valence-electron chi connectivity index (χ3n) is 3.95. The monoisotopic (exact) mass is 315 g/mol. The summed E-state index contributed by atoms with van der Waals surface area (Å²) < 4.78 is 18.9. The number of aromatic nitrogens is 1. The summed E-state index contributed by atoms with van der Waals surface area (Å²) in [6.45, 7) is 2.32. The molecule has 1 aliphatic rings. The molecule has 1 fully saturated rings. The lowest BCUT2D eigenvalue weighted by Crippen LogP contribution is -2.49. The summed E-state index contributed by atoms with van der Waals surface area (Å²) in [6.07, 6.45) is 1.56. The second kappa shape index (κ2) is 6.64. The first kappa shape index (κ1) is 15.3. The van der Waals surface area contributed by atoms with Crippen molar-refractivity contribution in [3.8, 4) is 5.88 Å². The van der Waals surface area contributed by atoms with Crippen molar-refractivity contribution in [1.29, 1.82) is 0 Å². The van der Waals surface area contributed by atoms with Gasteiger partial charge in [0.15, 0.2) is 0 Å². The molecule has 0 atom stereocenters. The third kappa shape index (κ3) is 3.26. The highest BCUT2D eigenvalue weighted by atomic mass is 19.1. The molecule has 120 valence electrons. The van der Waals surface area contributed by atoms with Crippen LogP contribution in [0.5, 0.6) is 5.88 Å². The van der Waals surface area contributed by atoms with Crippen LogP contribution in [0.1, 0.15) is 10.4 Å². The number of hydrogen-bond donors (Lipinski definition) is 0. The van der Waals surface area contributed by atoms with E-state index >= 15 is 0 Å². The zero-order chi connectivity index (χ0) is 16.2. The van der Waals surface area contributed by atoms with Crippen molar-refractivity contribution in [2.75, 3.05) is 38.2 Å². The number of amides is 1. The van der Waals surface area contributed by atoms with Gasteiger partial charge in [0.2, 0.25) is 5.88 Å². The lowest BCUT2D eigenvalue weighted by molar-refractivity contribution is 0.0746. The minimum atomic E-state index is -0.230. The second-order valence-corrected chi connectivity index (χ2v) is 5.32. The normalized spacial score (nSPS) is 14.7. The number of carbonyl (C=O) groups is 1. The first-order valence-corrected chi connectivity index (χ1v) is 7.48. The molecule has 0 radical (unpaired) electrons. The number of pyridine rings is 1. The van der Waals surface area contributed by atoms with Crippen LogP contribution in [-0.4, -0.2) is 49.1 Å². The Hall–Kier alpha value is -2.63. The molecule has 1 aliphatic heterocycles. The van der Waals surface area contributed by atoms with Gasteiger partial charge in [-0.05, 0) is 18.2 Å². The van der Waals surface area contributed by atoms with Crippen LogP contribution in [0.2, 0.25) is 0 Å². The molecule has 1 amide bonds. The van der Waals surface area contributed by atoms with E-state index in [4.69, 9.17) is 4.74 Å². The van der Waals surface area contributed by atoms with E-state index in [9.17, 15) is 9.18 Å². The number of rotatable bonds is 3. The third-order valence-corrected chi connectivity index (χ3v) is 3.95. The van der Waals surface area contributed by atoms with E-state index in [2.05, 4.69) is 4.98 Å². The Morgan fingerprint density at radius 1 is 1.17 bits per heavy atom. The summed E-state index contributed by atoms with van der Waals surface area (Å²) in [6, 6.07) is 10.0. The molecule has 3 rings (SSSR count). The predicted octanol–water partition coefficient (Wildman–Crippen LogP) is 2.19. The summed E-state index contributed by atoms with van der Waals surface area (Å²) in [5.41, 5.74) is 1.14. The van der Waals surface area contributed by atoms with Gasteiger partial charge in [0, 0.05) is 44.0 Å². The van der Waals surface area contributed by atoms with Crippen LogP contribution in [0, 0.1) is 5.82 Å². The van der Waals surface area contributed by atoms with E-state index < -0.39 is 0 Å². The SMILES string of the molecule is COc1cc(C(=O)N2CCN(c3ccccc3F)CC2)ccn1. The number of benzene rings is 1. The molecule has 0 aliphatic carbocycles. The molecule has 0 bridgehead atoms. The number of ether oxygens (including phenoxy) is 1. The molecule has 2 heterocycles. The fourth-order valence-corrected chi connectivity index (χ4v) is 2.70. The summed E-state index contributed by atoms with van der Waals surface area (Å²) in [4.78, 5) is 20.3. The van der Waals surface area contributed by atoms with Crippen LogP contribution in [0.25, 0.3) is 0 Å². The fourth-order valence-electron chi connectivity index (χ4n) is 2.70. The molecule has 1 aromatic carbocycles. The van der Waals surface area contributed by atoms with Crippen molar-refractivity contribution >= 4 is 11.6 Å². The first-order chi connectivity index (χ1) is 11.2. The fraction of sp³-hybridized carbons (Fsp3) is 0.294. The Bertz CT molecular complexity index is 700. The van der Waals surface area contributed by atoms with E-state index in [0.717, 1.165) is 0 Å². The molecule has 0 N–H and O–H groups in total. The number of piperazine rings is 1. The summed E-state index contributed by atoms with van der Waals surface area (Å²) >= 11 is 0. The highest BCUT2D eigenvalue weighted by Crippen LogP contribution is 2.21. The van der Waals surface area contributed by atoms with E-state index in [0.29, 0.717) is 43.3 Å². The van der Waals surface area contributed by atoms with Gasteiger partial charge in [-0.15, -0.1) is 0 Å². The molecule has 5 nitrogen and oxygen atoms in total. The van der Waals surface area contributed by atoms with Crippen molar-refractivity contribution in [2.45, 2.75) is 0 Å². The number of anilines is 1. The Morgan fingerprint density at radius 2 is 1.91 bits per heavy atom. The topological polar surface area (TPSA) is 45.7 Å². The number of nitrogens with zero attached hydrogens (tertiary/aromatic N) is 3. The van der Waals surface area contributed by atoms with Gasteiger partial charge in [-0.1, -0.05) is 12.1 Å². The lowest BCUT2D eigenvalue weighted by atomic mass is 10.2. The van der Waals surface area contributed by atoms with Gasteiger partial charge >= 0.3 is 0 Å². The quantitative estimate of drug-likeness (QED) is 0.871. The minimum Gasteiger partial charge on any atom is -0.481 e. The van der Waals surface area contributed by atoms with Crippen molar-refractivity contribution in [3.05, 3.63) is 54.0 Å². The average molecular weight is 315 g/mol. The molecular weight excluding hydrogens is 297 g/mol. The van der Waals surface area contributed by atoms with Crippen molar-refractivity contribution < 1.29 is 13.9 Å². The average Bonchev–Trinajstić information content (AvgIpc) is 2.62. The van der Waals surface area contributed by atoms with Crippen LogP contribution in [0.15, 0.2) is 42.6 Å². The maximum atomic E-state index is 13.8. The van der Waals surface area contributed by atoms with E-state index in [1.807, 2.05) is 11.0 Å². The van der Waals surface area contributed by atoms with E-state index in [1.165, 1.54) is 13.2 Å². The number of hydrogen-bond acceptors (Lipinski definition) is 4. The number of halogens is 1. The number of carbonyl (C=O) groups excluding carboxylic acids is 1. The number of methoxy groups -OCH3 is 1. The zero-order valence-corrected chi connectivity index (χ0v) is 12.9. The molecule has 1 saturated heterocycles. The summed E-state index contributed by atoms with van der Waals surface area (Å²) in [5.74, 6) is 0.130. The highest BCUT2D eigenvalue weighted by Gasteiger charge is 2.23. The van der Waals surface area contributed by atoms with Crippen LogP contribution < -0.4 is 9.64 Å². The smallest absolute Gasteiger partial charge is 0.254 e. The highest BCUT2D eigenvalue weighted by molar-refractivity contribution is 5.94. The Morgan fingerprint density at radius 3 is 2.61 bits per heavy atom. The van der Waals surface area contributed by atoms with Gasteiger partial charge in [0.05, 0.1) is 12.8 Å². The van der Waals surface area contributed by atoms with Gasteiger partial charge in [-0.2, -0.15) is 0 Å². The van der Waals surface area contributed by atoms with Gasteiger partial charge in [-0.3, -0.25) is 4.79 Å². The maximum absolute atomic E-state index is 13.8. The van der Waals surface area contributed by atoms with Gasteiger partial charge in [0.1, 0.15) is 5.82 Å². The van der Waals surface area contributed by atoms with Crippen LogP contribution in [0.4, 0.5) is 10.1 Å². The predicted molar refractivity (Wildman–Crippen MR) is 85.3 cm³/mol. The second-order valence-electron chi connectivity index (χ2n) is 5.32. The molecule has 1 aromatic heterocycles. The molecule has 23 heavy (non-hydrogen) atoms. The van der Waals surface area contributed by atoms with Gasteiger partial charge in [0.25, 0.3) is 5.91 Å². The van der Waals surface area contributed by atoms with Crippen molar-refractivity contribution in [3.63, 3.8) is 0 Å². The maximum Gasteiger partial charge on any atom is 0.254 e. The van der Waals surface area contributed by atoms with Crippen LogP contribution in [-0.2, 0) is 0 Å². The Kier molecular flexibility index (Phi) is 4.41. The van der Waals surface area contributed by atoms with Gasteiger partial charge in [-0.25, -0.2) is 9.37 Å². The molecule has 2 aromatic rings. The zero-order valence-electron chi connectivity index (χ0n) is 12.9. The number of para-hydroxylation sites is 1. The largest absolute Gasteiger partial charge is 0.481 e. The first-order valence-electron chi connectivity index (χ1n) is 7.48.